The summed E-state index contributed by atoms with van der Waals surface area (Å²) < 4.78 is 71.0. The largest absolute Gasteiger partial charge is 2.00 e. The first kappa shape index (κ1) is 51.6. The number of benzene rings is 4. The van der Waals surface area contributed by atoms with Crippen LogP contribution in [0.1, 0.15) is 178 Å². The van der Waals surface area contributed by atoms with Gasteiger partial charge in [-0.05, 0) is 119 Å². The maximum absolute atomic E-state index is 11.8. The van der Waals surface area contributed by atoms with Crippen LogP contribution in [0, 0.1) is 0 Å². The molecule has 0 amide bonds. The van der Waals surface area contributed by atoms with Crippen LogP contribution in [-0.4, -0.2) is 63.7 Å². The summed E-state index contributed by atoms with van der Waals surface area (Å²) in [7, 11) is -8.92. The fraction of sp³-hybridized carbons (Fsp3) is 0.583. The molecule has 4 aromatic carbocycles. The molecule has 0 saturated carbocycles. The van der Waals surface area contributed by atoms with Crippen LogP contribution in [0.25, 0.3) is 21.5 Å². The van der Waals surface area contributed by atoms with Crippen LogP contribution in [0.3, 0.4) is 0 Å². The normalized spacial score (nSPS) is 11.8. The predicted octanol–water partition coefficient (Wildman–Crippen LogP) is 13.2. The topological polar surface area (TPSA) is 114 Å². The van der Waals surface area contributed by atoms with Gasteiger partial charge in [0, 0.05) is 0 Å². The summed E-state index contributed by atoms with van der Waals surface area (Å²) in [4.78, 5) is -0.0637. The summed E-state index contributed by atoms with van der Waals surface area (Å²) >= 11 is 0. The molecule has 57 heavy (non-hydrogen) atoms. The fourth-order valence-corrected chi connectivity index (χ4v) is 9.30. The van der Waals surface area contributed by atoms with Crippen LogP contribution >= 0.6 is 0 Å². The Morgan fingerprint density at radius 1 is 0.386 bits per heavy atom. The summed E-state index contributed by atoms with van der Waals surface area (Å²) in [5.74, 6) is 0. The molecule has 0 heterocycles. The van der Waals surface area contributed by atoms with Gasteiger partial charge >= 0.3 is 37.7 Å². The van der Waals surface area contributed by atoms with Crippen molar-refractivity contribution in [1.82, 2.24) is 0 Å². The second-order valence-corrected chi connectivity index (χ2v) is 18.5. The molecule has 312 valence electrons. The van der Waals surface area contributed by atoms with E-state index in [0.717, 1.165) is 85.8 Å². The quantitative estimate of drug-likeness (QED) is 0.0353. The molecule has 0 aliphatic rings. The van der Waals surface area contributed by atoms with E-state index >= 15 is 0 Å². The van der Waals surface area contributed by atoms with Gasteiger partial charge in [-0.2, -0.15) is 0 Å². The van der Waals surface area contributed by atoms with E-state index in [4.69, 9.17) is 0 Å². The molecule has 0 aliphatic heterocycles. The minimum absolute atomic E-state index is 0. The maximum atomic E-state index is 11.8. The molecule has 4 aromatic rings. The molecule has 0 aliphatic carbocycles. The summed E-state index contributed by atoms with van der Waals surface area (Å²) in [5, 5.41) is 3.92. The molecule has 4 rings (SSSR count). The van der Waals surface area contributed by atoms with Gasteiger partial charge in [-0.15, -0.1) is 0 Å². The SMILES string of the molecule is CCCCCCCc1cc2c(CCCCCCC)cccc2cc1S(=O)(=O)[O-].CCCCCCCc1cc2c(CCCCCCC)cccc2cc1S(=O)(=O)[O-].[Ca+2]. The first-order valence-corrected chi connectivity index (χ1v) is 24.8. The molecule has 0 radical (unpaired) electrons. The molecule has 9 heteroatoms. The van der Waals surface area contributed by atoms with Gasteiger partial charge in [0.2, 0.25) is 0 Å². The van der Waals surface area contributed by atoms with Crippen molar-refractivity contribution in [1.29, 1.82) is 0 Å². The van der Waals surface area contributed by atoms with Crippen molar-refractivity contribution in [3.8, 4) is 0 Å². The van der Waals surface area contributed by atoms with E-state index in [0.29, 0.717) is 24.0 Å². The predicted molar refractivity (Wildman–Crippen MR) is 239 cm³/mol. The van der Waals surface area contributed by atoms with E-state index in [2.05, 4.69) is 39.8 Å². The van der Waals surface area contributed by atoms with E-state index in [1.54, 1.807) is 12.1 Å². The maximum Gasteiger partial charge on any atom is 2.00 e. The Bertz CT molecular complexity index is 1830. The molecule has 0 unspecified atom stereocenters. The van der Waals surface area contributed by atoms with Crippen molar-refractivity contribution in [2.75, 3.05) is 0 Å². The molecule has 0 aromatic heterocycles. The van der Waals surface area contributed by atoms with Crippen LogP contribution in [-0.2, 0) is 45.9 Å². The Labute approximate surface area is 376 Å². The van der Waals surface area contributed by atoms with E-state index in [-0.39, 0.29) is 47.5 Å². The fourth-order valence-electron chi connectivity index (χ4n) is 7.80. The van der Waals surface area contributed by atoms with E-state index < -0.39 is 20.2 Å². The zero-order valence-corrected chi connectivity index (χ0v) is 39.6. The van der Waals surface area contributed by atoms with Crippen LogP contribution < -0.4 is 0 Å². The Morgan fingerprint density at radius 3 is 0.947 bits per heavy atom. The average Bonchev–Trinajstić information content (AvgIpc) is 3.16. The monoisotopic (exact) mass is 846 g/mol. The van der Waals surface area contributed by atoms with Gasteiger partial charge in [0.1, 0.15) is 20.2 Å². The van der Waals surface area contributed by atoms with Gasteiger partial charge in [-0.25, -0.2) is 16.8 Å². The number of hydrogen-bond acceptors (Lipinski definition) is 6. The Hall–Kier alpha value is -1.52. The number of rotatable bonds is 26. The van der Waals surface area contributed by atoms with Gasteiger partial charge in [0.05, 0.1) is 9.79 Å². The number of unbranched alkanes of at least 4 members (excludes halogenated alkanes) is 16. The van der Waals surface area contributed by atoms with Crippen LogP contribution in [0.4, 0.5) is 0 Å². The van der Waals surface area contributed by atoms with Gasteiger partial charge < -0.3 is 9.11 Å². The zero-order chi connectivity index (χ0) is 40.8. The molecular formula is C48H70CaO6S2. The number of fused-ring (bicyclic) bond motifs is 2. The third-order valence-electron chi connectivity index (χ3n) is 11.0. The third kappa shape index (κ3) is 18.3. The first-order valence-electron chi connectivity index (χ1n) is 21.9. The Balaban J connectivity index is 0.000000387. The molecule has 0 fully saturated rings. The molecule has 6 nitrogen and oxygen atoms in total. The summed E-state index contributed by atoms with van der Waals surface area (Å²) in [6.07, 6.45) is 26.7. The van der Waals surface area contributed by atoms with E-state index in [9.17, 15) is 25.9 Å². The Morgan fingerprint density at radius 2 is 0.667 bits per heavy atom. The van der Waals surface area contributed by atoms with E-state index in [1.165, 1.54) is 88.2 Å². The van der Waals surface area contributed by atoms with Crippen molar-refractivity contribution < 1.29 is 25.9 Å². The number of aryl methyl sites for hydroxylation is 4. The average molecular weight is 847 g/mol. The Kier molecular flexibility index (Phi) is 25.4. The van der Waals surface area contributed by atoms with Gasteiger partial charge in [0.25, 0.3) is 0 Å². The van der Waals surface area contributed by atoms with Crippen molar-refractivity contribution in [2.24, 2.45) is 0 Å². The summed E-state index contributed by atoms with van der Waals surface area (Å²) in [6.45, 7) is 8.79. The minimum Gasteiger partial charge on any atom is -0.744 e. The van der Waals surface area contributed by atoms with Crippen LogP contribution in [0.15, 0.2) is 70.5 Å². The minimum atomic E-state index is -4.46. The zero-order valence-electron chi connectivity index (χ0n) is 35.7. The molecule has 0 bridgehead atoms. The third-order valence-corrected chi connectivity index (χ3v) is 12.9. The molecular weight excluding hydrogens is 777 g/mol. The molecule has 0 spiro atoms. The van der Waals surface area contributed by atoms with Crippen molar-refractivity contribution in [3.05, 3.63) is 82.9 Å². The van der Waals surface area contributed by atoms with Gasteiger partial charge in [-0.3, -0.25) is 0 Å². The van der Waals surface area contributed by atoms with Crippen molar-refractivity contribution >= 4 is 79.5 Å². The van der Waals surface area contributed by atoms with Gasteiger partial charge in [0.15, 0.2) is 0 Å². The van der Waals surface area contributed by atoms with Crippen molar-refractivity contribution in [3.63, 3.8) is 0 Å². The molecule has 0 saturated heterocycles. The molecule has 0 atom stereocenters. The second-order valence-electron chi connectivity index (χ2n) is 15.8. The van der Waals surface area contributed by atoms with E-state index in [1.807, 2.05) is 36.4 Å². The van der Waals surface area contributed by atoms with Crippen LogP contribution in [0.2, 0.25) is 0 Å². The summed E-state index contributed by atoms with van der Waals surface area (Å²) in [5.41, 5.74) is 3.90. The number of hydrogen-bond donors (Lipinski definition) is 0. The smallest absolute Gasteiger partial charge is 0.744 e. The second kappa shape index (κ2) is 28.1. The molecule has 0 N–H and O–H groups in total. The standard InChI is InChI=1S/2C24H36O3S.Ca/c2*1-3-5-7-9-11-14-20-16-13-17-21-19-24(28(25,26)27)22(18-23(20)21)15-12-10-8-6-4-2;/h2*13,16-19H,3-12,14-15H2,1-2H3,(H,25,26,27);/q;;+2/p-2. The van der Waals surface area contributed by atoms with Crippen LogP contribution in [0.5, 0.6) is 0 Å². The summed E-state index contributed by atoms with van der Waals surface area (Å²) in [6, 6.07) is 19.2. The van der Waals surface area contributed by atoms with Crippen molar-refractivity contribution in [2.45, 2.75) is 192 Å². The first-order chi connectivity index (χ1) is 26.9. The van der Waals surface area contributed by atoms with Gasteiger partial charge in [-0.1, -0.05) is 167 Å².